The first-order valence-electron chi connectivity index (χ1n) is 7.10. The number of rotatable bonds is 4. The molecule has 0 spiro atoms. The number of esters is 1. The molecule has 1 N–H and O–H groups in total. The van der Waals surface area contributed by atoms with Crippen LogP contribution in [0.3, 0.4) is 0 Å². The molecule has 0 aromatic heterocycles. The van der Waals surface area contributed by atoms with Gasteiger partial charge in [0.2, 0.25) is 0 Å². The molecule has 0 heterocycles. The maximum Gasteiger partial charge on any atom is 0.407 e. The number of amides is 1. The van der Waals surface area contributed by atoms with Crippen LogP contribution in [0.15, 0.2) is 0 Å². The minimum Gasteiger partial charge on any atom is -0.461 e. The third-order valence-corrected chi connectivity index (χ3v) is 4.60. The van der Waals surface area contributed by atoms with Crippen LogP contribution in [0, 0.1) is 11.3 Å². The smallest absolute Gasteiger partial charge is 0.407 e. The second-order valence-electron chi connectivity index (χ2n) is 5.90. The zero-order valence-electron chi connectivity index (χ0n) is 11.9. The van der Waals surface area contributed by atoms with Gasteiger partial charge in [-0.25, -0.2) is 9.59 Å². The number of hydrogen-bond donors (Lipinski definition) is 1. The molecule has 2 aliphatic rings. The van der Waals surface area contributed by atoms with Crippen molar-refractivity contribution in [2.75, 3.05) is 6.61 Å². The van der Waals surface area contributed by atoms with E-state index in [0.717, 1.165) is 19.3 Å². The Morgan fingerprint density at radius 2 is 2.05 bits per heavy atom. The molecule has 2 rings (SSSR count). The van der Waals surface area contributed by atoms with Crippen LogP contribution in [0.4, 0.5) is 4.79 Å². The van der Waals surface area contributed by atoms with Crippen LogP contribution >= 0.6 is 0 Å². The summed E-state index contributed by atoms with van der Waals surface area (Å²) in [6.45, 7) is 5.90. The lowest BCUT2D eigenvalue weighted by Crippen LogP contribution is -2.44. The molecule has 2 aliphatic carbocycles. The van der Waals surface area contributed by atoms with Crippen LogP contribution in [-0.2, 0) is 14.3 Å². The highest BCUT2D eigenvalue weighted by atomic mass is 16.6. The fraction of sp³-hybridized carbons (Fsp3) is 0.857. The van der Waals surface area contributed by atoms with Crippen molar-refractivity contribution < 1.29 is 19.1 Å². The first-order valence-corrected chi connectivity index (χ1v) is 7.10. The Bertz CT molecular complexity index is 370. The van der Waals surface area contributed by atoms with Gasteiger partial charge in [0.1, 0.15) is 12.1 Å². The van der Waals surface area contributed by atoms with E-state index in [2.05, 4.69) is 12.2 Å². The Balaban J connectivity index is 1.79. The molecule has 0 saturated heterocycles. The average molecular weight is 269 g/mol. The Hall–Kier alpha value is -1.26. The van der Waals surface area contributed by atoms with Gasteiger partial charge < -0.3 is 14.8 Å². The van der Waals surface area contributed by atoms with Gasteiger partial charge >= 0.3 is 12.1 Å². The molecule has 0 aromatic rings. The fourth-order valence-electron chi connectivity index (χ4n) is 3.22. The summed E-state index contributed by atoms with van der Waals surface area (Å²) in [6, 6.07) is -0.661. The van der Waals surface area contributed by atoms with E-state index < -0.39 is 12.1 Å². The van der Waals surface area contributed by atoms with Crippen molar-refractivity contribution >= 4 is 12.1 Å². The second-order valence-corrected chi connectivity index (χ2v) is 5.90. The minimum absolute atomic E-state index is 0.0256. The summed E-state index contributed by atoms with van der Waals surface area (Å²) in [5.74, 6) is 0.139. The van der Waals surface area contributed by atoms with Crippen molar-refractivity contribution in [1.29, 1.82) is 0 Å². The molecule has 2 saturated carbocycles. The molecule has 0 aromatic carbocycles. The molecule has 19 heavy (non-hydrogen) atoms. The van der Waals surface area contributed by atoms with Gasteiger partial charge in [0.05, 0.1) is 6.61 Å². The van der Waals surface area contributed by atoms with Gasteiger partial charge in [-0.3, -0.25) is 0 Å². The number of carbonyl (C=O) groups excluding carboxylic acids is 2. The molecular formula is C14H23NO4. The molecule has 108 valence electrons. The summed E-state index contributed by atoms with van der Waals surface area (Å²) in [4.78, 5) is 23.2. The summed E-state index contributed by atoms with van der Waals surface area (Å²) in [7, 11) is 0. The van der Waals surface area contributed by atoms with Crippen molar-refractivity contribution in [3.8, 4) is 0 Å². The van der Waals surface area contributed by atoms with Crippen LogP contribution in [0.5, 0.6) is 0 Å². The number of fused-ring (bicyclic) bond motifs is 1. The number of nitrogens with one attached hydrogen (secondary N) is 1. The van der Waals surface area contributed by atoms with Crippen molar-refractivity contribution in [3.05, 3.63) is 0 Å². The van der Waals surface area contributed by atoms with Gasteiger partial charge in [-0.1, -0.05) is 6.92 Å². The topological polar surface area (TPSA) is 64.6 Å². The lowest BCUT2D eigenvalue weighted by molar-refractivity contribution is -0.156. The lowest BCUT2D eigenvalue weighted by atomic mass is 9.63. The number of alkyl carbamates (subject to hydrolysis) is 1. The molecule has 0 radical (unpaired) electrons. The third-order valence-electron chi connectivity index (χ3n) is 4.60. The van der Waals surface area contributed by atoms with Gasteiger partial charge in [-0.05, 0) is 44.9 Å². The summed E-state index contributed by atoms with van der Waals surface area (Å²) >= 11 is 0. The lowest BCUT2D eigenvalue weighted by Gasteiger charge is -2.43. The molecule has 4 atom stereocenters. The highest BCUT2D eigenvalue weighted by Gasteiger charge is 2.53. The van der Waals surface area contributed by atoms with Crippen LogP contribution < -0.4 is 5.32 Å². The maximum absolute atomic E-state index is 11.9. The molecule has 5 nitrogen and oxygen atoms in total. The van der Waals surface area contributed by atoms with Crippen LogP contribution in [0.25, 0.3) is 0 Å². The van der Waals surface area contributed by atoms with E-state index in [9.17, 15) is 9.59 Å². The first-order chi connectivity index (χ1) is 8.96. The summed E-state index contributed by atoms with van der Waals surface area (Å²) < 4.78 is 10.3. The van der Waals surface area contributed by atoms with E-state index in [-0.39, 0.29) is 18.7 Å². The van der Waals surface area contributed by atoms with E-state index in [4.69, 9.17) is 9.47 Å². The average Bonchev–Trinajstić information content (AvgIpc) is 2.53. The van der Waals surface area contributed by atoms with E-state index in [1.165, 1.54) is 6.42 Å². The largest absolute Gasteiger partial charge is 0.461 e. The van der Waals surface area contributed by atoms with Gasteiger partial charge in [0.15, 0.2) is 0 Å². The second kappa shape index (κ2) is 5.39. The predicted molar refractivity (Wildman–Crippen MR) is 69.6 cm³/mol. The van der Waals surface area contributed by atoms with Crippen molar-refractivity contribution in [1.82, 2.24) is 5.32 Å². The first kappa shape index (κ1) is 14.2. The molecule has 5 heteroatoms. The number of ether oxygens (including phenoxy) is 2. The van der Waals surface area contributed by atoms with Gasteiger partial charge in [0, 0.05) is 5.92 Å². The SMILES string of the molecule is CCOC(=O)N[C@@H](C)C(=O)O[C@@H]1CC[C@@]2(C)CC[C@@H]12. The quantitative estimate of drug-likeness (QED) is 0.795. The normalized spacial score (nSPS) is 33.8. The zero-order chi connectivity index (χ0) is 14.0. The van der Waals surface area contributed by atoms with Crippen molar-refractivity contribution in [2.45, 2.75) is 58.6 Å². The Morgan fingerprint density at radius 1 is 1.37 bits per heavy atom. The minimum atomic E-state index is -0.661. The van der Waals surface area contributed by atoms with Gasteiger partial charge in [0.25, 0.3) is 0 Å². The van der Waals surface area contributed by atoms with Crippen molar-refractivity contribution in [3.63, 3.8) is 0 Å². The van der Waals surface area contributed by atoms with Gasteiger partial charge in [-0.15, -0.1) is 0 Å². The van der Waals surface area contributed by atoms with E-state index in [1.807, 2.05) is 0 Å². The standard InChI is InChI=1S/C14H23NO4/c1-4-18-13(17)15-9(2)12(16)19-11-6-8-14(3)7-5-10(11)14/h9-11H,4-8H2,1-3H3,(H,15,17)/t9-,10-,11+,14+/m0/s1. The molecule has 2 fully saturated rings. The van der Waals surface area contributed by atoms with E-state index >= 15 is 0 Å². The molecule has 1 amide bonds. The Kier molecular flexibility index (Phi) is 4.02. The molecule has 0 bridgehead atoms. The van der Waals surface area contributed by atoms with Crippen molar-refractivity contribution in [2.24, 2.45) is 11.3 Å². The van der Waals surface area contributed by atoms with Gasteiger partial charge in [-0.2, -0.15) is 0 Å². The Morgan fingerprint density at radius 3 is 2.58 bits per heavy atom. The monoisotopic (exact) mass is 269 g/mol. The van der Waals surface area contributed by atoms with Crippen LogP contribution in [0.1, 0.15) is 46.5 Å². The summed E-state index contributed by atoms with van der Waals surface area (Å²) in [6.07, 6.45) is 3.91. The van der Waals surface area contributed by atoms with Crippen LogP contribution in [0.2, 0.25) is 0 Å². The molecule has 0 unspecified atom stereocenters. The zero-order valence-corrected chi connectivity index (χ0v) is 11.9. The fourth-order valence-corrected chi connectivity index (χ4v) is 3.22. The summed E-state index contributed by atoms with van der Waals surface area (Å²) in [5, 5.41) is 2.47. The number of hydrogen-bond acceptors (Lipinski definition) is 4. The third kappa shape index (κ3) is 2.85. The molecule has 0 aliphatic heterocycles. The Labute approximate surface area is 114 Å². The maximum atomic E-state index is 11.9. The summed E-state index contributed by atoms with van der Waals surface area (Å²) in [5.41, 5.74) is 0.378. The number of carbonyl (C=O) groups is 2. The predicted octanol–water partition coefficient (Wildman–Crippen LogP) is 2.24. The van der Waals surface area contributed by atoms with E-state index in [0.29, 0.717) is 11.3 Å². The highest BCUT2D eigenvalue weighted by Crippen LogP contribution is 2.57. The van der Waals surface area contributed by atoms with Crippen LogP contribution in [-0.4, -0.2) is 30.8 Å². The van der Waals surface area contributed by atoms with E-state index in [1.54, 1.807) is 13.8 Å². The molecular weight excluding hydrogens is 246 g/mol. The highest BCUT2D eigenvalue weighted by molar-refractivity contribution is 5.81.